The first-order chi connectivity index (χ1) is 7.77. The zero-order valence-corrected chi connectivity index (χ0v) is 9.32. The van der Waals surface area contributed by atoms with Gasteiger partial charge in [0.2, 0.25) is 0 Å². The molecule has 0 bridgehead atoms. The monoisotopic (exact) mass is 214 g/mol. The molecule has 1 unspecified atom stereocenters. The average molecular weight is 214 g/mol. The van der Waals surface area contributed by atoms with Gasteiger partial charge in [0.15, 0.2) is 0 Å². The Morgan fingerprint density at radius 3 is 2.94 bits per heavy atom. The van der Waals surface area contributed by atoms with Crippen molar-refractivity contribution in [3.05, 3.63) is 47.0 Å². The van der Waals surface area contributed by atoms with E-state index in [9.17, 15) is 4.79 Å². The molecule has 1 aromatic rings. The molecule has 0 aromatic heterocycles. The number of fused-ring (bicyclic) bond motifs is 1. The first-order valence-corrected chi connectivity index (χ1v) is 5.76. The van der Waals surface area contributed by atoms with Crippen molar-refractivity contribution in [2.45, 2.75) is 25.2 Å². The third-order valence-electron chi connectivity index (χ3n) is 3.42. The van der Waals surface area contributed by atoms with Crippen molar-refractivity contribution in [3.63, 3.8) is 0 Å². The Labute approximate surface area is 94.9 Å². The van der Waals surface area contributed by atoms with Gasteiger partial charge in [-0.2, -0.15) is 0 Å². The summed E-state index contributed by atoms with van der Waals surface area (Å²) in [6.45, 7) is 2.65. The lowest BCUT2D eigenvalue weighted by molar-refractivity contribution is -0.141. The largest absolute Gasteiger partial charge is 0.460 e. The van der Waals surface area contributed by atoms with E-state index in [4.69, 9.17) is 4.74 Å². The molecule has 2 aliphatic rings. The number of benzene rings is 1. The van der Waals surface area contributed by atoms with Crippen LogP contribution in [-0.4, -0.2) is 12.6 Å². The van der Waals surface area contributed by atoms with E-state index in [0.717, 1.165) is 24.0 Å². The number of hydrogen-bond donors (Lipinski definition) is 0. The Morgan fingerprint density at radius 2 is 2.31 bits per heavy atom. The standard InChI is InChI=1S/C14H14O2/c1-2-4-10-5-3-6-11(7-10)14-8-12(14)9-16-13(14)15/h3,5-8H,2,4,9H2,1H3. The minimum Gasteiger partial charge on any atom is -0.460 e. The molecule has 1 atom stereocenters. The first kappa shape index (κ1) is 9.64. The SMILES string of the molecule is CCCc1cccc(C23C=C2COC3=O)c1. The molecular formula is C14H14O2. The van der Waals surface area contributed by atoms with Gasteiger partial charge in [-0.25, -0.2) is 0 Å². The molecule has 1 heterocycles. The van der Waals surface area contributed by atoms with Gasteiger partial charge in [-0.05, 0) is 23.1 Å². The van der Waals surface area contributed by atoms with Crippen molar-refractivity contribution >= 4 is 5.97 Å². The van der Waals surface area contributed by atoms with Crippen LogP contribution in [0.15, 0.2) is 35.9 Å². The summed E-state index contributed by atoms with van der Waals surface area (Å²) >= 11 is 0. The van der Waals surface area contributed by atoms with Crippen LogP contribution in [-0.2, 0) is 21.4 Å². The highest BCUT2D eigenvalue weighted by Crippen LogP contribution is 2.51. The van der Waals surface area contributed by atoms with Gasteiger partial charge in [-0.1, -0.05) is 43.7 Å². The third-order valence-corrected chi connectivity index (χ3v) is 3.42. The predicted octanol–water partition coefficient (Wildman–Crippen LogP) is 2.37. The van der Waals surface area contributed by atoms with Crippen LogP contribution in [0.5, 0.6) is 0 Å². The van der Waals surface area contributed by atoms with Crippen LogP contribution in [0.3, 0.4) is 0 Å². The van der Waals surface area contributed by atoms with Crippen LogP contribution >= 0.6 is 0 Å². The summed E-state index contributed by atoms with van der Waals surface area (Å²) in [6.07, 6.45) is 4.22. The fraction of sp³-hybridized carbons (Fsp3) is 0.357. The molecule has 1 aliphatic heterocycles. The summed E-state index contributed by atoms with van der Waals surface area (Å²) in [5, 5.41) is 0. The molecule has 2 nitrogen and oxygen atoms in total. The number of cyclic esters (lactones) is 1. The van der Waals surface area contributed by atoms with Gasteiger partial charge < -0.3 is 4.74 Å². The molecule has 82 valence electrons. The molecule has 0 saturated carbocycles. The lowest BCUT2D eigenvalue weighted by Gasteiger charge is -2.11. The Kier molecular flexibility index (Phi) is 1.93. The molecule has 0 spiro atoms. The molecule has 1 fully saturated rings. The van der Waals surface area contributed by atoms with Gasteiger partial charge in [0.05, 0.1) is 0 Å². The number of rotatable bonds is 3. The minimum atomic E-state index is -0.469. The highest BCUT2D eigenvalue weighted by Gasteiger charge is 2.58. The first-order valence-electron chi connectivity index (χ1n) is 5.76. The lowest BCUT2D eigenvalue weighted by Crippen LogP contribution is -2.20. The average Bonchev–Trinajstić information content (AvgIpc) is 2.95. The van der Waals surface area contributed by atoms with Crippen molar-refractivity contribution in [2.75, 3.05) is 6.61 Å². The molecule has 0 amide bonds. The quantitative estimate of drug-likeness (QED) is 0.570. The third kappa shape index (κ3) is 1.16. The van der Waals surface area contributed by atoms with E-state index in [2.05, 4.69) is 19.1 Å². The summed E-state index contributed by atoms with van der Waals surface area (Å²) < 4.78 is 5.07. The minimum absolute atomic E-state index is 0.101. The summed E-state index contributed by atoms with van der Waals surface area (Å²) in [5.41, 5.74) is 3.04. The van der Waals surface area contributed by atoms with Crippen molar-refractivity contribution in [3.8, 4) is 0 Å². The van der Waals surface area contributed by atoms with E-state index in [1.54, 1.807) is 0 Å². The van der Waals surface area contributed by atoms with Gasteiger partial charge in [0.1, 0.15) is 12.0 Å². The number of carbonyl (C=O) groups is 1. The van der Waals surface area contributed by atoms with Crippen LogP contribution in [0.2, 0.25) is 0 Å². The van der Waals surface area contributed by atoms with Crippen molar-refractivity contribution < 1.29 is 9.53 Å². The second-order valence-corrected chi connectivity index (χ2v) is 4.50. The summed E-state index contributed by atoms with van der Waals surface area (Å²) in [6, 6.07) is 8.31. The molecule has 16 heavy (non-hydrogen) atoms. The number of hydrogen-bond acceptors (Lipinski definition) is 2. The maximum absolute atomic E-state index is 11.7. The molecule has 0 radical (unpaired) electrons. The zero-order chi connectivity index (χ0) is 11.2. The molecule has 1 aliphatic carbocycles. The van der Waals surface area contributed by atoms with Gasteiger partial charge in [0, 0.05) is 0 Å². The van der Waals surface area contributed by atoms with Crippen LogP contribution in [0.25, 0.3) is 0 Å². The highest BCUT2D eigenvalue weighted by molar-refractivity contribution is 5.99. The van der Waals surface area contributed by atoms with Gasteiger partial charge >= 0.3 is 5.97 Å². The Balaban J connectivity index is 1.96. The van der Waals surface area contributed by atoms with E-state index < -0.39 is 5.41 Å². The lowest BCUT2D eigenvalue weighted by atomic mass is 9.90. The zero-order valence-electron chi connectivity index (χ0n) is 9.32. The van der Waals surface area contributed by atoms with Crippen LogP contribution in [0, 0.1) is 0 Å². The molecule has 2 heteroatoms. The fourth-order valence-electron chi connectivity index (χ4n) is 2.48. The van der Waals surface area contributed by atoms with Crippen molar-refractivity contribution in [1.29, 1.82) is 0 Å². The molecule has 1 saturated heterocycles. The van der Waals surface area contributed by atoms with Gasteiger partial charge in [-0.3, -0.25) is 4.79 Å². The molecule has 0 N–H and O–H groups in total. The van der Waals surface area contributed by atoms with Crippen LogP contribution in [0.1, 0.15) is 24.5 Å². The predicted molar refractivity (Wildman–Crippen MR) is 61.2 cm³/mol. The fourth-order valence-corrected chi connectivity index (χ4v) is 2.48. The normalized spacial score (nSPS) is 26.1. The van der Waals surface area contributed by atoms with E-state index in [0.29, 0.717) is 6.61 Å². The Bertz CT molecular complexity index is 487. The number of ether oxygens (including phenoxy) is 1. The molecule has 3 rings (SSSR count). The molecule has 1 aromatic carbocycles. The van der Waals surface area contributed by atoms with Gasteiger partial charge in [0.25, 0.3) is 0 Å². The number of esters is 1. The Hall–Kier alpha value is -1.57. The van der Waals surface area contributed by atoms with Crippen molar-refractivity contribution in [2.24, 2.45) is 0 Å². The second kappa shape index (κ2) is 3.21. The molecular weight excluding hydrogens is 200 g/mol. The van der Waals surface area contributed by atoms with E-state index >= 15 is 0 Å². The van der Waals surface area contributed by atoms with E-state index in [1.807, 2.05) is 18.2 Å². The van der Waals surface area contributed by atoms with E-state index in [-0.39, 0.29) is 5.97 Å². The van der Waals surface area contributed by atoms with Gasteiger partial charge in [-0.15, -0.1) is 0 Å². The maximum Gasteiger partial charge on any atom is 0.325 e. The van der Waals surface area contributed by atoms with Crippen LogP contribution in [0.4, 0.5) is 0 Å². The highest BCUT2D eigenvalue weighted by atomic mass is 16.5. The van der Waals surface area contributed by atoms with Crippen molar-refractivity contribution in [1.82, 2.24) is 0 Å². The summed E-state index contributed by atoms with van der Waals surface area (Å²) in [4.78, 5) is 11.7. The summed E-state index contributed by atoms with van der Waals surface area (Å²) in [5.74, 6) is -0.101. The van der Waals surface area contributed by atoms with E-state index in [1.165, 1.54) is 5.56 Å². The summed E-state index contributed by atoms with van der Waals surface area (Å²) in [7, 11) is 0. The number of aryl methyl sites for hydroxylation is 1. The number of carbonyl (C=O) groups excluding carboxylic acids is 1. The van der Waals surface area contributed by atoms with Crippen LogP contribution < -0.4 is 0 Å². The topological polar surface area (TPSA) is 26.3 Å². The maximum atomic E-state index is 11.7. The Morgan fingerprint density at radius 1 is 1.44 bits per heavy atom. The smallest absolute Gasteiger partial charge is 0.325 e. The second-order valence-electron chi connectivity index (χ2n) is 4.50.